The molecule has 2 aromatic heterocycles. The molecule has 5 nitrogen and oxygen atoms in total. The van der Waals surface area contributed by atoms with E-state index in [1.165, 1.54) is 35.2 Å². The van der Waals surface area contributed by atoms with E-state index in [0.717, 1.165) is 72.2 Å². The van der Waals surface area contributed by atoms with E-state index in [1.54, 1.807) is 0 Å². The molecule has 1 aliphatic rings. The molecular weight excluding hydrogens is 456 g/mol. The van der Waals surface area contributed by atoms with Crippen LogP contribution in [0.5, 0.6) is 0 Å². The molecule has 1 aliphatic carbocycles. The Morgan fingerprint density at radius 1 is 1.00 bits per heavy atom. The van der Waals surface area contributed by atoms with Gasteiger partial charge in [0.15, 0.2) is 0 Å². The predicted octanol–water partition coefficient (Wildman–Crippen LogP) is 6.58. The van der Waals surface area contributed by atoms with E-state index in [9.17, 15) is 4.79 Å². The van der Waals surface area contributed by atoms with Crippen LogP contribution in [0.3, 0.4) is 0 Å². The summed E-state index contributed by atoms with van der Waals surface area (Å²) in [5.74, 6) is 0.139. The summed E-state index contributed by atoms with van der Waals surface area (Å²) in [6.07, 6.45) is 8.92. The summed E-state index contributed by atoms with van der Waals surface area (Å²) in [4.78, 5) is 20.6. The number of aromatic nitrogens is 2. The van der Waals surface area contributed by atoms with E-state index in [4.69, 9.17) is 16.6 Å². The third kappa shape index (κ3) is 5.79. The molecule has 5 rings (SSSR count). The van der Waals surface area contributed by atoms with E-state index in [-0.39, 0.29) is 5.91 Å². The number of para-hydroxylation sites is 1. The lowest BCUT2D eigenvalue weighted by Gasteiger charge is -2.22. The van der Waals surface area contributed by atoms with Gasteiger partial charge in [0.05, 0.1) is 5.52 Å². The Labute approximate surface area is 211 Å². The average Bonchev–Trinajstić information content (AvgIpc) is 3.28. The summed E-state index contributed by atoms with van der Waals surface area (Å²) in [7, 11) is 0. The van der Waals surface area contributed by atoms with E-state index < -0.39 is 0 Å². The number of H-pyrrole nitrogens is 1. The molecule has 3 N–H and O–H groups in total. The molecular formula is C29H33ClN4O. The third-order valence-corrected chi connectivity index (χ3v) is 7.14. The molecule has 182 valence electrons. The van der Waals surface area contributed by atoms with Crippen LogP contribution in [0.15, 0.2) is 48.5 Å². The van der Waals surface area contributed by atoms with Crippen LogP contribution in [0.1, 0.15) is 55.5 Å². The molecule has 2 heterocycles. The molecule has 0 bridgehead atoms. The molecule has 0 fully saturated rings. The number of halogens is 1. The zero-order valence-electron chi connectivity index (χ0n) is 20.1. The number of carbonyl (C=O) groups excluding carboxylic acids is 1. The summed E-state index contributed by atoms with van der Waals surface area (Å²) in [6.45, 7) is 1.56. The maximum Gasteiger partial charge on any atom is 0.220 e. The Balaban J connectivity index is 1.05. The predicted molar refractivity (Wildman–Crippen MR) is 145 cm³/mol. The number of anilines is 1. The molecule has 1 amide bonds. The fourth-order valence-corrected chi connectivity index (χ4v) is 5.26. The summed E-state index contributed by atoms with van der Waals surface area (Å²) >= 11 is 6.23. The molecule has 4 aromatic rings. The highest BCUT2D eigenvalue weighted by Crippen LogP contribution is 2.34. The van der Waals surface area contributed by atoms with Crippen molar-refractivity contribution in [2.45, 2.75) is 57.8 Å². The standard InChI is InChI=1S/C29H33ClN4O/c30-21-13-14-24-27(19-21)34-26-11-6-4-9-23(26)29(24)32-16-7-1-2-12-28(35)31-17-15-22-18-20-8-3-5-10-25(20)33-22/h3,5,8,10,13-14,18-19,33H,1-2,4,6-7,9,11-12,15-17H2,(H,31,35)(H,32,34). The van der Waals surface area contributed by atoms with Gasteiger partial charge in [0.1, 0.15) is 0 Å². The van der Waals surface area contributed by atoms with Crippen LogP contribution < -0.4 is 10.6 Å². The summed E-state index contributed by atoms with van der Waals surface area (Å²) in [5.41, 5.74) is 7.11. The van der Waals surface area contributed by atoms with Crippen molar-refractivity contribution in [3.8, 4) is 0 Å². The Kier molecular flexibility index (Phi) is 7.53. The molecule has 0 saturated heterocycles. The van der Waals surface area contributed by atoms with Gasteiger partial charge < -0.3 is 15.6 Å². The molecule has 6 heteroatoms. The zero-order chi connectivity index (χ0) is 24.0. The van der Waals surface area contributed by atoms with Crippen LogP contribution in [0.4, 0.5) is 5.69 Å². The molecule has 0 unspecified atom stereocenters. The molecule has 0 aliphatic heterocycles. The average molecular weight is 489 g/mol. The minimum absolute atomic E-state index is 0.139. The SMILES string of the molecule is O=C(CCCCCNc1c2c(nc3cc(Cl)ccc13)CCCC2)NCCc1cc2ccccc2[nH]1. The molecule has 0 saturated carbocycles. The van der Waals surface area contributed by atoms with Crippen LogP contribution in [0.2, 0.25) is 5.02 Å². The van der Waals surface area contributed by atoms with E-state index in [1.807, 2.05) is 24.3 Å². The molecule has 35 heavy (non-hydrogen) atoms. The number of pyridine rings is 1. The van der Waals surface area contributed by atoms with Crippen LogP contribution in [0, 0.1) is 0 Å². The van der Waals surface area contributed by atoms with Crippen LogP contribution in [-0.2, 0) is 24.1 Å². The van der Waals surface area contributed by atoms with Gasteiger partial charge in [-0.15, -0.1) is 0 Å². The van der Waals surface area contributed by atoms with Gasteiger partial charge in [-0.05, 0) is 79.8 Å². The highest BCUT2D eigenvalue weighted by Gasteiger charge is 2.18. The van der Waals surface area contributed by atoms with Gasteiger partial charge >= 0.3 is 0 Å². The Hall–Kier alpha value is -3.05. The maximum absolute atomic E-state index is 12.2. The minimum Gasteiger partial charge on any atom is -0.384 e. The van der Waals surface area contributed by atoms with Crippen molar-refractivity contribution in [1.29, 1.82) is 0 Å². The quantitative estimate of drug-likeness (QED) is 0.221. The van der Waals surface area contributed by atoms with Gasteiger partial charge in [-0.3, -0.25) is 9.78 Å². The third-order valence-electron chi connectivity index (χ3n) is 6.91. The molecule has 0 atom stereocenters. The van der Waals surface area contributed by atoms with Gasteiger partial charge in [-0.2, -0.15) is 0 Å². The highest BCUT2D eigenvalue weighted by atomic mass is 35.5. The fraction of sp³-hybridized carbons (Fsp3) is 0.379. The number of benzene rings is 2. The van der Waals surface area contributed by atoms with Crippen molar-refractivity contribution in [1.82, 2.24) is 15.3 Å². The second-order valence-corrected chi connectivity index (χ2v) is 9.94. The normalized spacial score (nSPS) is 13.2. The van der Waals surface area contributed by atoms with Crippen molar-refractivity contribution in [2.24, 2.45) is 0 Å². The van der Waals surface area contributed by atoms with Crippen LogP contribution in [-0.4, -0.2) is 29.0 Å². The maximum atomic E-state index is 12.2. The van der Waals surface area contributed by atoms with Crippen LogP contribution >= 0.6 is 11.6 Å². The monoisotopic (exact) mass is 488 g/mol. The first-order valence-corrected chi connectivity index (χ1v) is 13.2. The topological polar surface area (TPSA) is 69.8 Å². The first kappa shape index (κ1) is 23.7. The second kappa shape index (κ2) is 11.1. The number of amides is 1. The fourth-order valence-electron chi connectivity index (χ4n) is 5.09. The first-order valence-electron chi connectivity index (χ1n) is 12.9. The number of hydrogen-bond acceptors (Lipinski definition) is 3. The highest BCUT2D eigenvalue weighted by molar-refractivity contribution is 6.31. The summed E-state index contributed by atoms with van der Waals surface area (Å²) in [5, 5.41) is 9.86. The Bertz CT molecular complexity index is 1300. The summed E-state index contributed by atoms with van der Waals surface area (Å²) < 4.78 is 0. The number of rotatable bonds is 10. The lowest BCUT2D eigenvalue weighted by atomic mass is 9.92. The molecule has 0 spiro atoms. The number of nitrogens with zero attached hydrogens (tertiary/aromatic N) is 1. The van der Waals surface area contributed by atoms with Crippen molar-refractivity contribution >= 4 is 45.0 Å². The number of aryl methyl sites for hydroxylation is 1. The minimum atomic E-state index is 0.139. The van der Waals surface area contributed by atoms with Gasteiger partial charge in [-0.25, -0.2) is 0 Å². The number of nitrogens with one attached hydrogen (secondary N) is 3. The van der Waals surface area contributed by atoms with Crippen molar-refractivity contribution < 1.29 is 4.79 Å². The van der Waals surface area contributed by atoms with E-state index in [0.29, 0.717) is 13.0 Å². The van der Waals surface area contributed by atoms with Crippen molar-refractivity contribution in [3.05, 3.63) is 70.5 Å². The smallest absolute Gasteiger partial charge is 0.220 e. The second-order valence-electron chi connectivity index (χ2n) is 9.50. The van der Waals surface area contributed by atoms with E-state index in [2.05, 4.69) is 39.9 Å². The van der Waals surface area contributed by atoms with Crippen molar-refractivity contribution in [3.63, 3.8) is 0 Å². The van der Waals surface area contributed by atoms with Gasteiger partial charge in [0.2, 0.25) is 5.91 Å². The van der Waals surface area contributed by atoms with Crippen molar-refractivity contribution in [2.75, 3.05) is 18.4 Å². The Morgan fingerprint density at radius 2 is 1.89 bits per heavy atom. The number of fused-ring (bicyclic) bond motifs is 3. The Morgan fingerprint density at radius 3 is 2.80 bits per heavy atom. The number of unbranched alkanes of at least 4 members (excludes halogenated alkanes) is 2. The lowest BCUT2D eigenvalue weighted by molar-refractivity contribution is -0.121. The van der Waals surface area contributed by atoms with Gasteiger partial charge in [0.25, 0.3) is 0 Å². The number of aromatic amines is 1. The zero-order valence-corrected chi connectivity index (χ0v) is 20.9. The van der Waals surface area contributed by atoms with Crippen LogP contribution in [0.25, 0.3) is 21.8 Å². The first-order chi connectivity index (χ1) is 17.2. The van der Waals surface area contributed by atoms with Gasteiger partial charge in [0, 0.05) is 58.9 Å². The van der Waals surface area contributed by atoms with Gasteiger partial charge in [-0.1, -0.05) is 36.2 Å². The summed E-state index contributed by atoms with van der Waals surface area (Å²) in [6, 6.07) is 16.4. The van der Waals surface area contributed by atoms with E-state index >= 15 is 0 Å². The molecule has 0 radical (unpaired) electrons. The largest absolute Gasteiger partial charge is 0.384 e. The lowest BCUT2D eigenvalue weighted by Crippen LogP contribution is -2.25. The molecule has 2 aromatic carbocycles. The number of hydrogen-bond donors (Lipinski definition) is 3. The number of carbonyl (C=O) groups is 1.